The van der Waals surface area contributed by atoms with E-state index in [2.05, 4.69) is 10.3 Å². The van der Waals surface area contributed by atoms with Crippen molar-refractivity contribution >= 4 is 23.4 Å². The fourth-order valence-electron chi connectivity index (χ4n) is 4.59. The molecule has 3 heterocycles. The predicted octanol–water partition coefficient (Wildman–Crippen LogP) is 2.60. The Balaban J connectivity index is 1.48. The van der Waals surface area contributed by atoms with Crippen molar-refractivity contribution in [1.29, 1.82) is 0 Å². The van der Waals surface area contributed by atoms with E-state index in [1.807, 2.05) is 13.8 Å². The summed E-state index contributed by atoms with van der Waals surface area (Å²) in [5.74, 6) is -0.523. The van der Waals surface area contributed by atoms with Gasteiger partial charge in [0.15, 0.2) is 0 Å². The summed E-state index contributed by atoms with van der Waals surface area (Å²) < 4.78 is 13.5. The van der Waals surface area contributed by atoms with Crippen LogP contribution >= 0.6 is 0 Å². The van der Waals surface area contributed by atoms with Crippen LogP contribution in [0.15, 0.2) is 18.2 Å². The number of piperidine rings is 1. The van der Waals surface area contributed by atoms with Crippen molar-refractivity contribution in [2.24, 2.45) is 0 Å². The molecular weight excluding hydrogens is 399 g/mol. The lowest BCUT2D eigenvalue weighted by Crippen LogP contribution is -2.46. The van der Waals surface area contributed by atoms with Gasteiger partial charge in [0.1, 0.15) is 5.82 Å². The molecule has 1 aromatic carbocycles. The molecule has 7 nitrogen and oxygen atoms in total. The molecule has 0 saturated carbocycles. The third-order valence-electron chi connectivity index (χ3n) is 6.33. The van der Waals surface area contributed by atoms with Crippen LogP contribution in [0.5, 0.6) is 0 Å². The molecule has 4 rings (SSSR count). The number of fused-ring (bicyclic) bond motifs is 1. The summed E-state index contributed by atoms with van der Waals surface area (Å²) in [4.78, 5) is 43.7. The van der Waals surface area contributed by atoms with Crippen molar-refractivity contribution < 1.29 is 18.8 Å². The van der Waals surface area contributed by atoms with E-state index in [1.54, 1.807) is 22.8 Å². The Morgan fingerprint density at radius 3 is 2.61 bits per heavy atom. The third-order valence-corrected chi connectivity index (χ3v) is 6.33. The predicted molar refractivity (Wildman–Crippen MR) is 114 cm³/mol. The SMILES string of the molecule is CC(=O)N1CCC(NC(=O)c2c(C)[nH]c(CN3C(=O)Cc4cc(F)ccc43)c2C)CC1. The molecule has 0 bridgehead atoms. The molecular formula is C23H27FN4O3. The Bertz CT molecular complexity index is 1050. The maximum absolute atomic E-state index is 13.5. The van der Waals surface area contributed by atoms with E-state index >= 15 is 0 Å². The Morgan fingerprint density at radius 2 is 1.94 bits per heavy atom. The van der Waals surface area contributed by atoms with Crippen LogP contribution in [0, 0.1) is 19.7 Å². The van der Waals surface area contributed by atoms with Crippen LogP contribution in [-0.4, -0.2) is 46.7 Å². The number of benzene rings is 1. The summed E-state index contributed by atoms with van der Waals surface area (Å²) in [5.41, 5.74) is 4.33. The Kier molecular flexibility index (Phi) is 5.56. The average Bonchev–Trinajstić information content (AvgIpc) is 3.17. The number of H-pyrrole nitrogens is 1. The lowest BCUT2D eigenvalue weighted by atomic mass is 10.0. The maximum Gasteiger partial charge on any atom is 0.253 e. The highest BCUT2D eigenvalue weighted by atomic mass is 19.1. The number of aryl methyl sites for hydroxylation is 1. The molecule has 3 amide bonds. The first-order chi connectivity index (χ1) is 14.7. The van der Waals surface area contributed by atoms with Crippen LogP contribution < -0.4 is 10.2 Å². The highest BCUT2D eigenvalue weighted by molar-refractivity contribution is 6.01. The van der Waals surface area contributed by atoms with E-state index in [-0.39, 0.29) is 36.0 Å². The molecule has 0 unspecified atom stereocenters. The Morgan fingerprint density at radius 1 is 1.23 bits per heavy atom. The van der Waals surface area contributed by atoms with Gasteiger partial charge in [0.05, 0.1) is 18.5 Å². The fraction of sp³-hybridized carbons (Fsp3) is 0.435. The number of nitrogens with zero attached hydrogens (tertiary/aromatic N) is 2. The molecule has 31 heavy (non-hydrogen) atoms. The van der Waals surface area contributed by atoms with Crippen molar-refractivity contribution in [1.82, 2.24) is 15.2 Å². The first kappa shape index (κ1) is 21.1. The molecule has 1 aromatic heterocycles. The topological polar surface area (TPSA) is 85.5 Å². The van der Waals surface area contributed by atoms with E-state index in [0.29, 0.717) is 36.4 Å². The number of halogens is 1. The lowest BCUT2D eigenvalue weighted by Gasteiger charge is -2.31. The van der Waals surface area contributed by atoms with Gasteiger partial charge in [-0.2, -0.15) is 0 Å². The van der Waals surface area contributed by atoms with Gasteiger partial charge in [-0.1, -0.05) is 0 Å². The van der Waals surface area contributed by atoms with Crippen LogP contribution in [0.25, 0.3) is 0 Å². The minimum absolute atomic E-state index is 0.0298. The van der Waals surface area contributed by atoms with Crippen molar-refractivity contribution in [2.75, 3.05) is 18.0 Å². The Labute approximate surface area is 180 Å². The number of likely N-dealkylation sites (tertiary alicyclic amines) is 1. The molecule has 2 aliphatic rings. The summed E-state index contributed by atoms with van der Waals surface area (Å²) in [5, 5.41) is 3.09. The number of nitrogens with one attached hydrogen (secondary N) is 2. The summed E-state index contributed by atoms with van der Waals surface area (Å²) >= 11 is 0. The van der Waals surface area contributed by atoms with Gasteiger partial charge in [-0.05, 0) is 56.0 Å². The van der Waals surface area contributed by atoms with E-state index in [1.165, 1.54) is 12.1 Å². The number of aromatic nitrogens is 1. The van der Waals surface area contributed by atoms with Crippen LogP contribution in [-0.2, 0) is 22.6 Å². The largest absolute Gasteiger partial charge is 0.360 e. The zero-order chi connectivity index (χ0) is 22.3. The zero-order valence-electron chi connectivity index (χ0n) is 18.0. The monoisotopic (exact) mass is 426 g/mol. The quantitative estimate of drug-likeness (QED) is 0.788. The van der Waals surface area contributed by atoms with Crippen LogP contribution in [0.1, 0.15) is 52.6 Å². The molecule has 1 fully saturated rings. The van der Waals surface area contributed by atoms with E-state index < -0.39 is 0 Å². The normalized spacial score (nSPS) is 16.6. The fourth-order valence-corrected chi connectivity index (χ4v) is 4.59. The second-order valence-corrected chi connectivity index (χ2v) is 8.41. The number of amides is 3. The first-order valence-electron chi connectivity index (χ1n) is 10.6. The summed E-state index contributed by atoms with van der Waals surface area (Å²) in [6, 6.07) is 4.41. The molecule has 0 atom stereocenters. The van der Waals surface area contributed by atoms with Gasteiger partial charge < -0.3 is 20.1 Å². The number of rotatable bonds is 4. The van der Waals surface area contributed by atoms with Crippen molar-refractivity contribution in [3.63, 3.8) is 0 Å². The van der Waals surface area contributed by atoms with E-state index in [0.717, 1.165) is 29.8 Å². The van der Waals surface area contributed by atoms with Crippen molar-refractivity contribution in [2.45, 2.75) is 52.6 Å². The number of hydrogen-bond donors (Lipinski definition) is 2. The highest BCUT2D eigenvalue weighted by Crippen LogP contribution is 2.32. The van der Waals surface area contributed by atoms with Crippen LogP contribution in [0.4, 0.5) is 10.1 Å². The molecule has 2 N–H and O–H groups in total. The summed E-state index contributed by atoms with van der Waals surface area (Å²) in [6.45, 7) is 6.87. The van der Waals surface area contributed by atoms with Crippen LogP contribution in [0.3, 0.4) is 0 Å². The summed E-state index contributed by atoms with van der Waals surface area (Å²) in [7, 11) is 0. The van der Waals surface area contributed by atoms with Gasteiger partial charge in [0.2, 0.25) is 11.8 Å². The van der Waals surface area contributed by atoms with Gasteiger partial charge >= 0.3 is 0 Å². The molecule has 0 spiro atoms. The molecule has 0 radical (unpaired) electrons. The Hall–Kier alpha value is -3.16. The van der Waals surface area contributed by atoms with Gasteiger partial charge in [-0.25, -0.2) is 4.39 Å². The smallest absolute Gasteiger partial charge is 0.253 e. The van der Waals surface area contributed by atoms with Crippen molar-refractivity contribution in [3.05, 3.63) is 52.1 Å². The number of carbonyl (C=O) groups is 3. The molecule has 0 aliphatic carbocycles. The average molecular weight is 426 g/mol. The first-order valence-corrected chi connectivity index (χ1v) is 10.6. The molecule has 164 valence electrons. The molecule has 2 aliphatic heterocycles. The van der Waals surface area contributed by atoms with Gasteiger partial charge in [0, 0.05) is 43.1 Å². The number of carbonyl (C=O) groups excluding carboxylic acids is 3. The lowest BCUT2D eigenvalue weighted by molar-refractivity contribution is -0.129. The number of aromatic amines is 1. The van der Waals surface area contributed by atoms with E-state index in [9.17, 15) is 18.8 Å². The standard InChI is InChI=1S/C23H27FN4O3/c1-13-19(12-28-20-5-4-17(24)10-16(20)11-21(28)30)25-14(2)22(13)23(31)26-18-6-8-27(9-7-18)15(3)29/h4-5,10,18,25H,6-9,11-12H2,1-3H3,(H,26,31). The van der Waals surface area contributed by atoms with E-state index in [4.69, 9.17) is 0 Å². The summed E-state index contributed by atoms with van der Waals surface area (Å²) in [6.07, 6.45) is 1.64. The second kappa shape index (κ2) is 8.17. The zero-order valence-corrected chi connectivity index (χ0v) is 18.0. The van der Waals surface area contributed by atoms with Crippen molar-refractivity contribution in [3.8, 4) is 0 Å². The van der Waals surface area contributed by atoms with Crippen LogP contribution in [0.2, 0.25) is 0 Å². The van der Waals surface area contributed by atoms with Gasteiger partial charge in [-0.15, -0.1) is 0 Å². The molecule has 1 saturated heterocycles. The molecule has 2 aromatic rings. The second-order valence-electron chi connectivity index (χ2n) is 8.41. The minimum Gasteiger partial charge on any atom is -0.360 e. The highest BCUT2D eigenvalue weighted by Gasteiger charge is 2.30. The minimum atomic E-state index is -0.353. The third kappa shape index (κ3) is 4.06. The number of anilines is 1. The molecule has 8 heteroatoms. The van der Waals surface area contributed by atoms with Gasteiger partial charge in [-0.3, -0.25) is 14.4 Å². The number of hydrogen-bond acceptors (Lipinski definition) is 3. The maximum atomic E-state index is 13.5. The van der Waals surface area contributed by atoms with Gasteiger partial charge in [0.25, 0.3) is 5.91 Å².